The summed E-state index contributed by atoms with van der Waals surface area (Å²) >= 11 is 0. The number of hydrogen-bond acceptors (Lipinski definition) is 3. The minimum absolute atomic E-state index is 0.0695. The SMILES string of the molecule is Cc1cccc(C)c1NC(=O)CN1CCCC(CN)C1. The Morgan fingerprint density at radius 2 is 2.10 bits per heavy atom. The third kappa shape index (κ3) is 3.81. The van der Waals surface area contributed by atoms with Gasteiger partial charge in [0.15, 0.2) is 0 Å². The monoisotopic (exact) mass is 275 g/mol. The number of carbonyl (C=O) groups excluding carboxylic acids is 1. The second-order valence-corrected chi connectivity index (χ2v) is 5.79. The van der Waals surface area contributed by atoms with Gasteiger partial charge in [-0.1, -0.05) is 18.2 Å². The topological polar surface area (TPSA) is 58.4 Å². The summed E-state index contributed by atoms with van der Waals surface area (Å²) in [6.07, 6.45) is 2.32. The van der Waals surface area contributed by atoms with Crippen molar-refractivity contribution in [3.8, 4) is 0 Å². The predicted molar refractivity (Wildman–Crippen MR) is 82.8 cm³/mol. The fourth-order valence-corrected chi connectivity index (χ4v) is 2.88. The highest BCUT2D eigenvalue weighted by molar-refractivity contribution is 5.93. The minimum atomic E-state index is 0.0695. The van der Waals surface area contributed by atoms with Crippen LogP contribution in [0.5, 0.6) is 0 Å². The third-order valence-electron chi connectivity index (χ3n) is 4.05. The Balaban J connectivity index is 1.92. The number of anilines is 1. The van der Waals surface area contributed by atoms with E-state index in [1.54, 1.807) is 0 Å². The Bertz CT molecular complexity index is 453. The van der Waals surface area contributed by atoms with Crippen LogP contribution >= 0.6 is 0 Å². The van der Waals surface area contributed by atoms with Gasteiger partial charge in [-0.25, -0.2) is 0 Å². The van der Waals surface area contributed by atoms with Crippen LogP contribution in [-0.2, 0) is 4.79 Å². The lowest BCUT2D eigenvalue weighted by molar-refractivity contribution is -0.117. The third-order valence-corrected chi connectivity index (χ3v) is 4.05. The van der Waals surface area contributed by atoms with E-state index in [0.717, 1.165) is 42.9 Å². The van der Waals surface area contributed by atoms with E-state index < -0.39 is 0 Å². The molecule has 3 N–H and O–H groups in total. The van der Waals surface area contributed by atoms with Crippen LogP contribution < -0.4 is 11.1 Å². The van der Waals surface area contributed by atoms with Gasteiger partial charge in [-0.2, -0.15) is 0 Å². The second kappa shape index (κ2) is 6.86. The molecule has 2 rings (SSSR count). The molecule has 1 fully saturated rings. The van der Waals surface area contributed by atoms with Crippen LogP contribution in [0, 0.1) is 19.8 Å². The predicted octanol–water partition coefficient (Wildman–Crippen LogP) is 1.91. The van der Waals surface area contributed by atoms with Crippen LogP contribution in [0.3, 0.4) is 0 Å². The number of rotatable bonds is 4. The van der Waals surface area contributed by atoms with Crippen LogP contribution in [0.25, 0.3) is 0 Å². The number of hydrogen-bond donors (Lipinski definition) is 2. The van der Waals surface area contributed by atoms with E-state index in [1.807, 2.05) is 32.0 Å². The number of benzene rings is 1. The number of amides is 1. The molecule has 0 spiro atoms. The van der Waals surface area contributed by atoms with Crippen molar-refractivity contribution in [3.63, 3.8) is 0 Å². The van der Waals surface area contributed by atoms with Gasteiger partial charge >= 0.3 is 0 Å². The van der Waals surface area contributed by atoms with Crippen LogP contribution in [0.15, 0.2) is 18.2 Å². The van der Waals surface area contributed by atoms with Crippen molar-refractivity contribution in [3.05, 3.63) is 29.3 Å². The van der Waals surface area contributed by atoms with Crippen molar-refractivity contribution in [2.45, 2.75) is 26.7 Å². The number of likely N-dealkylation sites (tertiary alicyclic amines) is 1. The molecular weight excluding hydrogens is 250 g/mol. The molecule has 110 valence electrons. The average molecular weight is 275 g/mol. The Labute approximate surface area is 121 Å². The Hall–Kier alpha value is -1.39. The van der Waals surface area contributed by atoms with Gasteiger partial charge in [-0.15, -0.1) is 0 Å². The van der Waals surface area contributed by atoms with Crippen molar-refractivity contribution in [2.24, 2.45) is 11.7 Å². The van der Waals surface area contributed by atoms with Crippen molar-refractivity contribution >= 4 is 11.6 Å². The molecule has 4 heteroatoms. The van der Waals surface area contributed by atoms with E-state index in [9.17, 15) is 4.79 Å². The summed E-state index contributed by atoms with van der Waals surface area (Å²) in [7, 11) is 0. The molecule has 20 heavy (non-hydrogen) atoms. The molecule has 0 saturated carbocycles. The van der Waals surface area contributed by atoms with Crippen LogP contribution in [-0.4, -0.2) is 37.0 Å². The normalized spacial score (nSPS) is 19.9. The molecule has 1 unspecified atom stereocenters. The van der Waals surface area contributed by atoms with Crippen molar-refractivity contribution < 1.29 is 4.79 Å². The zero-order valence-electron chi connectivity index (χ0n) is 12.5. The molecule has 1 aromatic rings. The first-order chi connectivity index (χ1) is 9.60. The van der Waals surface area contributed by atoms with Gasteiger partial charge in [0.1, 0.15) is 0 Å². The van der Waals surface area contributed by atoms with Gasteiger partial charge in [0.05, 0.1) is 6.54 Å². The smallest absolute Gasteiger partial charge is 0.238 e. The van der Waals surface area contributed by atoms with E-state index in [-0.39, 0.29) is 5.91 Å². The summed E-state index contributed by atoms with van der Waals surface area (Å²) in [6, 6.07) is 6.05. The number of para-hydroxylation sites is 1. The first kappa shape index (κ1) is 15.0. The highest BCUT2D eigenvalue weighted by Crippen LogP contribution is 2.20. The second-order valence-electron chi connectivity index (χ2n) is 5.79. The summed E-state index contributed by atoms with van der Waals surface area (Å²) in [4.78, 5) is 14.4. The molecule has 4 nitrogen and oxygen atoms in total. The lowest BCUT2D eigenvalue weighted by atomic mass is 9.98. The lowest BCUT2D eigenvalue weighted by Crippen LogP contribution is -2.42. The minimum Gasteiger partial charge on any atom is -0.330 e. The molecular formula is C16H25N3O. The summed E-state index contributed by atoms with van der Waals surface area (Å²) in [6.45, 7) is 7.16. The summed E-state index contributed by atoms with van der Waals surface area (Å²) in [5.74, 6) is 0.608. The van der Waals surface area contributed by atoms with E-state index >= 15 is 0 Å². The van der Waals surface area contributed by atoms with E-state index in [1.165, 1.54) is 6.42 Å². The van der Waals surface area contributed by atoms with Crippen LogP contribution in [0.4, 0.5) is 5.69 Å². The Morgan fingerprint density at radius 1 is 1.40 bits per heavy atom. The molecule has 1 amide bonds. The molecule has 1 aromatic carbocycles. The number of piperidine rings is 1. The first-order valence-electron chi connectivity index (χ1n) is 7.38. The molecule has 0 bridgehead atoms. The molecule has 1 aliphatic heterocycles. The number of carbonyl (C=O) groups is 1. The number of aryl methyl sites for hydroxylation is 2. The molecule has 1 aliphatic rings. The number of nitrogens with zero attached hydrogens (tertiary/aromatic N) is 1. The molecule has 0 aromatic heterocycles. The van der Waals surface area contributed by atoms with Crippen molar-refractivity contribution in [1.29, 1.82) is 0 Å². The molecule has 1 heterocycles. The van der Waals surface area contributed by atoms with Gasteiger partial charge < -0.3 is 11.1 Å². The summed E-state index contributed by atoms with van der Waals surface area (Å²) in [5, 5.41) is 3.05. The molecule has 1 saturated heterocycles. The number of nitrogens with two attached hydrogens (primary N) is 1. The standard InChI is InChI=1S/C16H25N3O/c1-12-5-3-6-13(2)16(12)18-15(20)11-19-8-4-7-14(9-17)10-19/h3,5-6,14H,4,7-11,17H2,1-2H3,(H,18,20). The maximum Gasteiger partial charge on any atom is 0.238 e. The molecule has 1 atom stereocenters. The summed E-state index contributed by atoms with van der Waals surface area (Å²) in [5.41, 5.74) is 8.90. The largest absolute Gasteiger partial charge is 0.330 e. The quantitative estimate of drug-likeness (QED) is 0.882. The van der Waals surface area contributed by atoms with E-state index in [2.05, 4.69) is 10.2 Å². The molecule has 0 radical (unpaired) electrons. The lowest BCUT2D eigenvalue weighted by Gasteiger charge is -2.31. The maximum atomic E-state index is 12.2. The fraction of sp³-hybridized carbons (Fsp3) is 0.562. The Kier molecular flexibility index (Phi) is 5.15. The first-order valence-corrected chi connectivity index (χ1v) is 7.38. The summed E-state index contributed by atoms with van der Waals surface area (Å²) < 4.78 is 0. The highest BCUT2D eigenvalue weighted by Gasteiger charge is 2.20. The maximum absolute atomic E-state index is 12.2. The van der Waals surface area contributed by atoms with Gasteiger partial charge in [-0.3, -0.25) is 9.69 Å². The highest BCUT2D eigenvalue weighted by atomic mass is 16.2. The molecule has 0 aliphatic carbocycles. The average Bonchev–Trinajstić information content (AvgIpc) is 2.43. The van der Waals surface area contributed by atoms with Crippen molar-refractivity contribution in [1.82, 2.24) is 4.90 Å². The van der Waals surface area contributed by atoms with Crippen LogP contribution in [0.1, 0.15) is 24.0 Å². The van der Waals surface area contributed by atoms with Gasteiger partial charge in [-0.05, 0) is 56.8 Å². The van der Waals surface area contributed by atoms with Gasteiger partial charge in [0, 0.05) is 12.2 Å². The Morgan fingerprint density at radius 3 is 2.75 bits per heavy atom. The van der Waals surface area contributed by atoms with E-state index in [4.69, 9.17) is 5.73 Å². The van der Waals surface area contributed by atoms with Gasteiger partial charge in [0.25, 0.3) is 0 Å². The van der Waals surface area contributed by atoms with Crippen molar-refractivity contribution in [2.75, 3.05) is 31.5 Å². The number of nitrogens with one attached hydrogen (secondary N) is 1. The zero-order chi connectivity index (χ0) is 14.5. The van der Waals surface area contributed by atoms with Crippen LogP contribution in [0.2, 0.25) is 0 Å². The zero-order valence-corrected chi connectivity index (χ0v) is 12.5. The fourth-order valence-electron chi connectivity index (χ4n) is 2.88. The van der Waals surface area contributed by atoms with Gasteiger partial charge in [0.2, 0.25) is 5.91 Å². The van der Waals surface area contributed by atoms with E-state index in [0.29, 0.717) is 12.5 Å².